The molecule has 0 bridgehead atoms. The van der Waals surface area contributed by atoms with Crippen molar-refractivity contribution in [1.29, 1.82) is 0 Å². The average Bonchev–Trinajstić information content (AvgIpc) is 3.63. The number of rotatable bonds is 9. The summed E-state index contributed by atoms with van der Waals surface area (Å²) in [6, 6.07) is 9.74. The fourth-order valence-corrected chi connectivity index (χ4v) is 10.3. The fraction of sp³-hybridized carbons (Fsp3) is 0.703. The first-order chi connectivity index (χ1) is 21.5. The number of Topliss-reactive ketones (excluding diaryl/α,β-unsaturated/α-hetero) is 3. The summed E-state index contributed by atoms with van der Waals surface area (Å²) in [5.41, 5.74) is -0.428. The minimum absolute atomic E-state index is 0.00270. The number of carbonyl (C=O) groups excluding carboxylic acids is 5. The van der Waals surface area contributed by atoms with Crippen LogP contribution < -0.4 is 5.32 Å². The Bertz CT molecular complexity index is 1340. The SMILES string of the molecule is C[C@H](CCC(=O)OCCC(=O)OC1(c2ccccc2)CCNC1)[C@H]1CC[C@H]2[C@@H]3C(=O)C[C@@H]4CC(=O)CC[C@]4(C)[C@H]3CC(=O)[C@]12C. The minimum Gasteiger partial charge on any atom is -0.465 e. The maximum Gasteiger partial charge on any atom is 0.310 e. The molecule has 5 aliphatic rings. The summed E-state index contributed by atoms with van der Waals surface area (Å²) in [6.07, 6.45) is 5.95. The van der Waals surface area contributed by atoms with E-state index in [9.17, 15) is 24.0 Å². The lowest BCUT2D eigenvalue weighted by atomic mass is 9.44. The third kappa shape index (κ3) is 5.70. The molecular formula is C37H49NO7. The topological polar surface area (TPSA) is 116 Å². The monoisotopic (exact) mass is 619 g/mol. The Hall–Kier alpha value is -2.87. The Morgan fingerprint density at radius 2 is 1.73 bits per heavy atom. The highest BCUT2D eigenvalue weighted by Gasteiger charge is 2.66. The molecule has 0 spiro atoms. The van der Waals surface area contributed by atoms with Gasteiger partial charge in [0.15, 0.2) is 5.60 Å². The van der Waals surface area contributed by atoms with E-state index in [1.165, 1.54) is 0 Å². The van der Waals surface area contributed by atoms with Crippen LogP contribution in [0.15, 0.2) is 30.3 Å². The van der Waals surface area contributed by atoms with Crippen LogP contribution in [0.4, 0.5) is 0 Å². The molecule has 1 N–H and O–H groups in total. The van der Waals surface area contributed by atoms with Crippen molar-refractivity contribution in [2.24, 2.45) is 46.3 Å². The molecule has 1 unspecified atom stereocenters. The van der Waals surface area contributed by atoms with Gasteiger partial charge < -0.3 is 14.8 Å². The first-order valence-corrected chi connectivity index (χ1v) is 17.2. The van der Waals surface area contributed by atoms with Gasteiger partial charge in [-0.3, -0.25) is 24.0 Å². The van der Waals surface area contributed by atoms with Crippen LogP contribution in [0.25, 0.3) is 0 Å². The Morgan fingerprint density at radius 3 is 2.47 bits per heavy atom. The number of esters is 2. The molecule has 9 atom stereocenters. The number of hydrogen-bond acceptors (Lipinski definition) is 8. The van der Waals surface area contributed by atoms with E-state index in [1.807, 2.05) is 30.3 Å². The lowest BCUT2D eigenvalue weighted by molar-refractivity contribution is -0.166. The number of fused-ring (bicyclic) bond motifs is 5. The predicted octanol–water partition coefficient (Wildman–Crippen LogP) is 5.35. The van der Waals surface area contributed by atoms with E-state index < -0.39 is 11.0 Å². The number of benzene rings is 1. The molecule has 0 radical (unpaired) electrons. The minimum atomic E-state index is -0.694. The molecule has 1 aromatic rings. The number of ketones is 3. The normalized spacial score (nSPS) is 38.2. The zero-order valence-corrected chi connectivity index (χ0v) is 27.1. The highest BCUT2D eigenvalue weighted by molar-refractivity contribution is 5.93. The van der Waals surface area contributed by atoms with Gasteiger partial charge in [0, 0.05) is 56.4 Å². The summed E-state index contributed by atoms with van der Waals surface area (Å²) in [5, 5.41) is 3.28. The summed E-state index contributed by atoms with van der Waals surface area (Å²) in [4.78, 5) is 65.3. The van der Waals surface area contributed by atoms with E-state index in [2.05, 4.69) is 26.1 Å². The maximum absolute atomic E-state index is 14.0. The largest absolute Gasteiger partial charge is 0.465 e. The molecule has 6 rings (SSSR count). The van der Waals surface area contributed by atoms with Gasteiger partial charge in [-0.25, -0.2) is 0 Å². The summed E-state index contributed by atoms with van der Waals surface area (Å²) < 4.78 is 11.4. The summed E-state index contributed by atoms with van der Waals surface area (Å²) >= 11 is 0. The van der Waals surface area contributed by atoms with Gasteiger partial charge in [-0.15, -0.1) is 0 Å². The van der Waals surface area contributed by atoms with E-state index in [-0.39, 0.29) is 89.7 Å². The highest BCUT2D eigenvalue weighted by Crippen LogP contribution is 2.66. The lowest BCUT2D eigenvalue weighted by Crippen LogP contribution is -2.60. The van der Waals surface area contributed by atoms with Gasteiger partial charge in [0.2, 0.25) is 0 Å². The summed E-state index contributed by atoms with van der Waals surface area (Å²) in [6.45, 7) is 7.73. The van der Waals surface area contributed by atoms with Crippen molar-refractivity contribution in [3.8, 4) is 0 Å². The van der Waals surface area contributed by atoms with Crippen molar-refractivity contribution in [3.63, 3.8) is 0 Å². The Labute approximate surface area is 266 Å². The number of carbonyl (C=O) groups is 5. The van der Waals surface area contributed by atoms with Crippen molar-refractivity contribution >= 4 is 29.3 Å². The molecule has 1 heterocycles. The van der Waals surface area contributed by atoms with Crippen molar-refractivity contribution in [3.05, 3.63) is 35.9 Å². The summed E-state index contributed by atoms with van der Waals surface area (Å²) in [5.74, 6) is 0.296. The first-order valence-electron chi connectivity index (χ1n) is 17.2. The molecule has 8 nitrogen and oxygen atoms in total. The molecule has 0 aromatic heterocycles. The van der Waals surface area contributed by atoms with Crippen LogP contribution >= 0.6 is 0 Å². The molecule has 4 aliphatic carbocycles. The van der Waals surface area contributed by atoms with E-state index in [0.717, 1.165) is 31.4 Å². The molecule has 4 saturated carbocycles. The summed E-state index contributed by atoms with van der Waals surface area (Å²) in [7, 11) is 0. The molecular weight excluding hydrogens is 570 g/mol. The van der Waals surface area contributed by atoms with Gasteiger partial charge in [-0.2, -0.15) is 0 Å². The zero-order chi connectivity index (χ0) is 32.0. The molecule has 5 fully saturated rings. The van der Waals surface area contributed by atoms with Gasteiger partial charge >= 0.3 is 11.9 Å². The second-order valence-corrected chi connectivity index (χ2v) is 15.2. The van der Waals surface area contributed by atoms with Crippen LogP contribution in [0.2, 0.25) is 0 Å². The van der Waals surface area contributed by atoms with E-state index in [1.54, 1.807) is 0 Å². The molecule has 1 aromatic carbocycles. The Morgan fingerprint density at radius 1 is 0.956 bits per heavy atom. The smallest absolute Gasteiger partial charge is 0.310 e. The quantitative estimate of drug-likeness (QED) is 0.368. The highest BCUT2D eigenvalue weighted by atomic mass is 16.6. The second kappa shape index (κ2) is 12.4. The average molecular weight is 620 g/mol. The lowest BCUT2D eigenvalue weighted by Gasteiger charge is -2.58. The van der Waals surface area contributed by atoms with Gasteiger partial charge in [-0.1, -0.05) is 51.1 Å². The zero-order valence-electron chi connectivity index (χ0n) is 27.1. The third-order valence-electron chi connectivity index (χ3n) is 13.0. The predicted molar refractivity (Wildman–Crippen MR) is 167 cm³/mol. The van der Waals surface area contributed by atoms with Crippen LogP contribution in [0.1, 0.15) is 97.0 Å². The molecule has 244 valence electrons. The second-order valence-electron chi connectivity index (χ2n) is 15.2. The molecule has 8 heteroatoms. The molecule has 1 saturated heterocycles. The van der Waals surface area contributed by atoms with Crippen LogP contribution in [-0.4, -0.2) is 49.0 Å². The van der Waals surface area contributed by atoms with E-state index in [0.29, 0.717) is 45.1 Å². The first kappa shape index (κ1) is 32.1. The third-order valence-corrected chi connectivity index (χ3v) is 13.0. The van der Waals surface area contributed by atoms with Crippen LogP contribution in [0, 0.1) is 46.3 Å². The number of nitrogens with one attached hydrogen (secondary N) is 1. The maximum atomic E-state index is 14.0. The van der Waals surface area contributed by atoms with E-state index >= 15 is 0 Å². The molecule has 0 amide bonds. The number of hydrogen-bond donors (Lipinski definition) is 1. The standard InChI is InChI=1S/C37H49NO7/c1-23(9-12-32(42)44-18-14-33(43)45-37(16-17-38-22-37)24-7-5-4-6-8-24)27-10-11-28-34-29(21-31(41)36(27,28)3)35(2)15-13-26(39)19-25(35)20-30(34)40/h4-8,23,25,27-29,34,38H,9-22H2,1-3H3/t23-,25+,27-,28+,29+,34+,35+,36-,37?/m1/s1. The van der Waals surface area contributed by atoms with E-state index in [4.69, 9.17) is 9.47 Å². The van der Waals surface area contributed by atoms with Crippen LogP contribution in [-0.2, 0) is 39.0 Å². The van der Waals surface area contributed by atoms with Crippen molar-refractivity contribution in [2.45, 2.75) is 97.0 Å². The van der Waals surface area contributed by atoms with Gasteiger partial charge in [-0.05, 0) is 72.8 Å². The van der Waals surface area contributed by atoms with Crippen LogP contribution in [0.3, 0.4) is 0 Å². The Kier molecular flexibility index (Phi) is 8.83. The van der Waals surface area contributed by atoms with Crippen molar-refractivity contribution < 1.29 is 33.4 Å². The fourth-order valence-electron chi connectivity index (χ4n) is 10.3. The van der Waals surface area contributed by atoms with Gasteiger partial charge in [0.1, 0.15) is 24.0 Å². The van der Waals surface area contributed by atoms with Crippen molar-refractivity contribution in [2.75, 3.05) is 19.7 Å². The molecule has 1 aliphatic heterocycles. The van der Waals surface area contributed by atoms with Crippen molar-refractivity contribution in [1.82, 2.24) is 5.32 Å². The number of ether oxygens (including phenoxy) is 2. The van der Waals surface area contributed by atoms with Crippen LogP contribution in [0.5, 0.6) is 0 Å². The molecule has 45 heavy (non-hydrogen) atoms. The van der Waals surface area contributed by atoms with Gasteiger partial charge in [0.25, 0.3) is 0 Å². The Balaban J connectivity index is 1.01. The van der Waals surface area contributed by atoms with Gasteiger partial charge in [0.05, 0.1) is 6.42 Å².